The molecule has 0 aliphatic rings. The van der Waals surface area contributed by atoms with E-state index in [2.05, 4.69) is 15.5 Å². The Morgan fingerprint density at radius 3 is 3.06 bits per heavy atom. The Bertz CT molecular complexity index is 345. The van der Waals surface area contributed by atoms with Gasteiger partial charge >= 0.3 is 0 Å². The second-order valence-corrected chi connectivity index (χ2v) is 5.52. The molecule has 3 N–H and O–H groups in total. The maximum Gasteiger partial charge on any atom is 0.230 e. The fraction of sp³-hybridized carbons (Fsp3) is 0.625. The number of ether oxygens (including phenoxy) is 1. The molecule has 1 amide bonds. The number of anilines is 1. The van der Waals surface area contributed by atoms with E-state index in [9.17, 15) is 4.79 Å². The predicted octanol–water partition coefficient (Wildman–Crippen LogP) is 0.562. The summed E-state index contributed by atoms with van der Waals surface area (Å²) < 4.78 is 5.62. The SMILES string of the molecule is COCCNc1nnc(SC(C)C(N)=O)s1. The zero-order valence-electron chi connectivity index (χ0n) is 9.10. The molecule has 0 aromatic carbocycles. The third kappa shape index (κ3) is 4.33. The number of aromatic nitrogens is 2. The fourth-order valence-electron chi connectivity index (χ4n) is 0.798. The van der Waals surface area contributed by atoms with E-state index < -0.39 is 0 Å². The molecule has 1 aromatic heterocycles. The molecule has 1 aromatic rings. The highest BCUT2D eigenvalue weighted by Gasteiger charge is 2.13. The molecule has 0 saturated carbocycles. The average Bonchev–Trinajstić information content (AvgIpc) is 2.66. The van der Waals surface area contributed by atoms with Crippen molar-refractivity contribution in [3.05, 3.63) is 0 Å². The number of primary amides is 1. The van der Waals surface area contributed by atoms with E-state index in [4.69, 9.17) is 10.5 Å². The van der Waals surface area contributed by atoms with Crippen molar-refractivity contribution >= 4 is 34.1 Å². The minimum Gasteiger partial charge on any atom is -0.383 e. The number of carbonyl (C=O) groups excluding carboxylic acids is 1. The van der Waals surface area contributed by atoms with Crippen LogP contribution in [0.1, 0.15) is 6.92 Å². The van der Waals surface area contributed by atoms with Gasteiger partial charge in [0.15, 0.2) is 4.34 Å². The molecule has 0 fully saturated rings. The zero-order chi connectivity index (χ0) is 12.0. The van der Waals surface area contributed by atoms with Crippen molar-refractivity contribution in [3.63, 3.8) is 0 Å². The minimum absolute atomic E-state index is 0.292. The third-order valence-corrected chi connectivity index (χ3v) is 3.75. The smallest absolute Gasteiger partial charge is 0.230 e. The third-order valence-electron chi connectivity index (χ3n) is 1.67. The molecule has 0 radical (unpaired) electrons. The molecule has 1 rings (SSSR count). The minimum atomic E-state index is -0.353. The summed E-state index contributed by atoms with van der Waals surface area (Å²) in [5.74, 6) is -0.353. The second-order valence-electron chi connectivity index (χ2n) is 2.96. The van der Waals surface area contributed by atoms with Crippen LogP contribution in [0.25, 0.3) is 0 Å². The number of amides is 1. The summed E-state index contributed by atoms with van der Waals surface area (Å²) >= 11 is 2.71. The first kappa shape index (κ1) is 13.2. The number of hydrogen-bond donors (Lipinski definition) is 2. The van der Waals surface area contributed by atoms with Crippen LogP contribution >= 0.6 is 23.1 Å². The number of nitrogens with zero attached hydrogens (tertiary/aromatic N) is 2. The molecule has 1 atom stereocenters. The van der Waals surface area contributed by atoms with E-state index in [0.717, 1.165) is 9.47 Å². The number of methoxy groups -OCH3 is 1. The van der Waals surface area contributed by atoms with Gasteiger partial charge in [-0.3, -0.25) is 4.79 Å². The van der Waals surface area contributed by atoms with Crippen molar-refractivity contribution in [2.45, 2.75) is 16.5 Å². The Morgan fingerprint density at radius 2 is 2.44 bits per heavy atom. The second kappa shape index (κ2) is 6.66. The van der Waals surface area contributed by atoms with Gasteiger partial charge in [0, 0.05) is 13.7 Å². The quantitative estimate of drug-likeness (QED) is 0.551. The van der Waals surface area contributed by atoms with Gasteiger partial charge in [0.1, 0.15) is 0 Å². The molecule has 0 bridgehead atoms. The average molecular weight is 262 g/mol. The first-order chi connectivity index (χ1) is 7.63. The van der Waals surface area contributed by atoms with Crippen molar-refractivity contribution in [1.29, 1.82) is 0 Å². The van der Waals surface area contributed by atoms with Crippen LogP contribution in [0.15, 0.2) is 4.34 Å². The van der Waals surface area contributed by atoms with Gasteiger partial charge in [-0.15, -0.1) is 10.2 Å². The van der Waals surface area contributed by atoms with Gasteiger partial charge in [0.25, 0.3) is 0 Å². The van der Waals surface area contributed by atoms with Crippen molar-refractivity contribution in [1.82, 2.24) is 10.2 Å². The maximum atomic E-state index is 10.8. The molecule has 1 unspecified atom stereocenters. The van der Waals surface area contributed by atoms with Crippen LogP contribution in [0.5, 0.6) is 0 Å². The molecule has 0 aliphatic carbocycles. The van der Waals surface area contributed by atoms with Gasteiger partial charge in [-0.25, -0.2) is 0 Å². The molecule has 0 spiro atoms. The predicted molar refractivity (Wildman–Crippen MR) is 64.8 cm³/mol. The van der Waals surface area contributed by atoms with Gasteiger partial charge in [-0.05, 0) is 6.92 Å². The van der Waals surface area contributed by atoms with Gasteiger partial charge in [-0.2, -0.15) is 0 Å². The van der Waals surface area contributed by atoms with Gasteiger partial charge in [0.2, 0.25) is 11.0 Å². The fourth-order valence-corrected chi connectivity index (χ4v) is 2.67. The number of rotatable bonds is 7. The monoisotopic (exact) mass is 262 g/mol. The number of nitrogens with one attached hydrogen (secondary N) is 1. The molecule has 0 saturated heterocycles. The van der Waals surface area contributed by atoms with Crippen LogP contribution in [0.2, 0.25) is 0 Å². The molecule has 16 heavy (non-hydrogen) atoms. The van der Waals surface area contributed by atoms with Crippen molar-refractivity contribution in [2.75, 3.05) is 25.6 Å². The Morgan fingerprint density at radius 1 is 1.69 bits per heavy atom. The number of hydrogen-bond acceptors (Lipinski definition) is 7. The van der Waals surface area contributed by atoms with Crippen LogP contribution in [0.3, 0.4) is 0 Å². The van der Waals surface area contributed by atoms with Crippen molar-refractivity contribution < 1.29 is 9.53 Å². The lowest BCUT2D eigenvalue weighted by Crippen LogP contribution is -2.22. The standard InChI is InChI=1S/C8H14N4O2S2/c1-5(6(9)13)15-8-12-11-7(16-8)10-3-4-14-2/h5H,3-4H2,1-2H3,(H2,9,13)(H,10,11). The van der Waals surface area contributed by atoms with E-state index in [1.807, 2.05) is 0 Å². The summed E-state index contributed by atoms with van der Waals surface area (Å²) in [6.07, 6.45) is 0. The summed E-state index contributed by atoms with van der Waals surface area (Å²) in [5.41, 5.74) is 5.15. The Labute approximate surface area is 102 Å². The normalized spacial score (nSPS) is 12.4. The van der Waals surface area contributed by atoms with E-state index >= 15 is 0 Å². The first-order valence-electron chi connectivity index (χ1n) is 4.65. The lowest BCUT2D eigenvalue weighted by Gasteiger charge is -2.01. The molecule has 90 valence electrons. The largest absolute Gasteiger partial charge is 0.383 e. The van der Waals surface area contributed by atoms with Crippen LogP contribution in [0.4, 0.5) is 5.13 Å². The Balaban J connectivity index is 2.42. The maximum absolute atomic E-state index is 10.8. The zero-order valence-corrected chi connectivity index (χ0v) is 10.7. The molecule has 8 heteroatoms. The van der Waals surface area contributed by atoms with E-state index in [1.165, 1.54) is 23.1 Å². The molecule has 6 nitrogen and oxygen atoms in total. The highest BCUT2D eigenvalue weighted by atomic mass is 32.2. The Kier molecular flexibility index (Phi) is 5.50. The van der Waals surface area contributed by atoms with Crippen LogP contribution in [0, 0.1) is 0 Å². The topological polar surface area (TPSA) is 90.1 Å². The summed E-state index contributed by atoms with van der Waals surface area (Å²) in [5, 5.41) is 11.4. The number of thioether (sulfide) groups is 1. The summed E-state index contributed by atoms with van der Waals surface area (Å²) in [6.45, 7) is 3.04. The number of nitrogens with two attached hydrogens (primary N) is 1. The van der Waals surface area contributed by atoms with Gasteiger partial charge < -0.3 is 15.8 Å². The summed E-state index contributed by atoms with van der Waals surface area (Å²) in [4.78, 5) is 10.8. The number of carbonyl (C=O) groups is 1. The first-order valence-corrected chi connectivity index (χ1v) is 6.35. The summed E-state index contributed by atoms with van der Waals surface area (Å²) in [6, 6.07) is 0. The highest BCUT2D eigenvalue weighted by molar-refractivity contribution is 8.02. The molecular formula is C8H14N4O2S2. The Hall–Kier alpha value is -0.860. The van der Waals surface area contributed by atoms with E-state index in [0.29, 0.717) is 13.2 Å². The van der Waals surface area contributed by atoms with E-state index in [1.54, 1.807) is 14.0 Å². The molecular weight excluding hydrogens is 248 g/mol. The van der Waals surface area contributed by atoms with Crippen LogP contribution in [-0.2, 0) is 9.53 Å². The van der Waals surface area contributed by atoms with E-state index in [-0.39, 0.29) is 11.2 Å². The van der Waals surface area contributed by atoms with Crippen LogP contribution < -0.4 is 11.1 Å². The van der Waals surface area contributed by atoms with Crippen molar-refractivity contribution in [2.24, 2.45) is 5.73 Å². The van der Waals surface area contributed by atoms with Gasteiger partial charge in [-0.1, -0.05) is 23.1 Å². The van der Waals surface area contributed by atoms with Crippen LogP contribution in [-0.4, -0.2) is 41.6 Å². The highest BCUT2D eigenvalue weighted by Crippen LogP contribution is 2.28. The molecule has 1 heterocycles. The summed E-state index contributed by atoms with van der Waals surface area (Å²) in [7, 11) is 1.64. The van der Waals surface area contributed by atoms with Gasteiger partial charge in [0.05, 0.1) is 11.9 Å². The van der Waals surface area contributed by atoms with Crippen molar-refractivity contribution in [3.8, 4) is 0 Å². The lowest BCUT2D eigenvalue weighted by atomic mass is 10.5. The lowest BCUT2D eigenvalue weighted by molar-refractivity contribution is -0.117. The molecule has 0 aliphatic heterocycles.